The van der Waals surface area contributed by atoms with Crippen molar-refractivity contribution in [1.29, 1.82) is 0 Å². The number of anilines is 1. The van der Waals surface area contributed by atoms with Crippen LogP contribution in [0.4, 0.5) is 14.5 Å². The lowest BCUT2D eigenvalue weighted by Gasteiger charge is -2.16. The molecule has 0 unspecified atom stereocenters. The molecule has 6 heteroatoms. The molecule has 2 aromatic carbocycles. The number of hydrogen-bond donors (Lipinski definition) is 2. The summed E-state index contributed by atoms with van der Waals surface area (Å²) in [5, 5.41) is 9.66. The fraction of sp³-hybridized carbons (Fsp3) is 0.188. The molecule has 2 aromatic rings. The van der Waals surface area contributed by atoms with Crippen LogP contribution < -0.4 is 5.48 Å². The van der Waals surface area contributed by atoms with Crippen LogP contribution in [0.1, 0.15) is 34.0 Å². The molecular formula is C16H14ClF2NO2. The zero-order valence-electron chi connectivity index (χ0n) is 12.0. The molecule has 0 saturated heterocycles. The van der Waals surface area contributed by atoms with Crippen LogP contribution in [0.15, 0.2) is 24.3 Å². The van der Waals surface area contributed by atoms with Gasteiger partial charge in [0.05, 0.1) is 5.69 Å². The number of nitrogens with one attached hydrogen (secondary N) is 1. The molecule has 0 aliphatic heterocycles. The molecule has 0 atom stereocenters. The Morgan fingerprint density at radius 3 is 2.32 bits per heavy atom. The first-order chi connectivity index (χ1) is 10.3. The molecular weight excluding hydrogens is 312 g/mol. The second-order valence-corrected chi connectivity index (χ2v) is 5.41. The maximum atomic E-state index is 13.3. The molecule has 0 radical (unpaired) electrons. The van der Waals surface area contributed by atoms with Gasteiger partial charge in [0.15, 0.2) is 5.78 Å². The number of halogens is 3. The summed E-state index contributed by atoms with van der Waals surface area (Å²) in [6.45, 7) is 3.03. The van der Waals surface area contributed by atoms with E-state index < -0.39 is 11.6 Å². The minimum atomic E-state index is -0.705. The van der Waals surface area contributed by atoms with E-state index in [1.54, 1.807) is 6.92 Å². The summed E-state index contributed by atoms with van der Waals surface area (Å²) in [6.07, 6.45) is 0.0739. The van der Waals surface area contributed by atoms with Gasteiger partial charge in [0.2, 0.25) is 0 Å². The molecule has 0 bridgehead atoms. The lowest BCUT2D eigenvalue weighted by atomic mass is 9.93. The lowest BCUT2D eigenvalue weighted by molar-refractivity contribution is 0.101. The Balaban J connectivity index is 2.62. The van der Waals surface area contributed by atoms with Gasteiger partial charge in [-0.05, 0) is 48.7 Å². The van der Waals surface area contributed by atoms with Crippen LogP contribution in [0.3, 0.4) is 0 Å². The van der Waals surface area contributed by atoms with Crippen molar-refractivity contribution in [2.75, 3.05) is 5.48 Å². The molecule has 3 nitrogen and oxygen atoms in total. The molecule has 2 rings (SSSR count). The highest BCUT2D eigenvalue weighted by Crippen LogP contribution is 2.33. The minimum absolute atomic E-state index is 0.0739. The number of carbonyl (C=O) groups excluding carboxylic acids is 1. The van der Waals surface area contributed by atoms with E-state index in [9.17, 15) is 18.8 Å². The SMILES string of the molecule is CC(=O)c1cc(Cl)c(C)c(NO)c1Cc1cc(F)cc(F)c1. The van der Waals surface area contributed by atoms with E-state index >= 15 is 0 Å². The van der Waals surface area contributed by atoms with Crippen LogP contribution in [0.2, 0.25) is 5.02 Å². The van der Waals surface area contributed by atoms with Crippen molar-refractivity contribution in [3.8, 4) is 0 Å². The number of carbonyl (C=O) groups is 1. The standard InChI is InChI=1S/C16H14ClF2NO2/c1-8-15(17)7-13(9(2)21)14(16(8)20-22)5-10-3-11(18)6-12(19)4-10/h3-4,6-7,20,22H,5H2,1-2H3. The van der Waals surface area contributed by atoms with E-state index in [1.807, 2.05) is 5.48 Å². The number of hydrogen-bond acceptors (Lipinski definition) is 3. The van der Waals surface area contributed by atoms with Crippen LogP contribution in [-0.2, 0) is 6.42 Å². The zero-order chi connectivity index (χ0) is 16.4. The van der Waals surface area contributed by atoms with Gasteiger partial charge in [0, 0.05) is 23.1 Å². The fourth-order valence-corrected chi connectivity index (χ4v) is 2.57. The number of Topliss-reactive ketones (excluding diaryl/α,β-unsaturated/α-hetero) is 1. The third kappa shape index (κ3) is 3.26. The Kier molecular flexibility index (Phi) is 4.78. The van der Waals surface area contributed by atoms with E-state index in [2.05, 4.69) is 0 Å². The van der Waals surface area contributed by atoms with Gasteiger partial charge in [0.25, 0.3) is 0 Å². The normalized spacial score (nSPS) is 10.6. The molecule has 0 spiro atoms. The van der Waals surface area contributed by atoms with Gasteiger partial charge >= 0.3 is 0 Å². The van der Waals surface area contributed by atoms with Crippen LogP contribution in [0.25, 0.3) is 0 Å². The molecule has 0 saturated carbocycles. The van der Waals surface area contributed by atoms with Gasteiger partial charge in [-0.3, -0.25) is 15.5 Å². The summed E-state index contributed by atoms with van der Waals surface area (Å²) in [6, 6.07) is 4.62. The predicted octanol–water partition coefficient (Wildman–Crippen LogP) is 4.52. The highest BCUT2D eigenvalue weighted by molar-refractivity contribution is 6.32. The largest absolute Gasteiger partial charge is 0.294 e. The molecule has 0 aliphatic rings. The molecule has 22 heavy (non-hydrogen) atoms. The third-order valence-corrected chi connectivity index (χ3v) is 3.82. The summed E-state index contributed by atoms with van der Waals surface area (Å²) in [5.41, 5.74) is 3.90. The van der Waals surface area contributed by atoms with Crippen molar-refractivity contribution in [3.63, 3.8) is 0 Å². The first kappa shape index (κ1) is 16.4. The van der Waals surface area contributed by atoms with Crippen LogP contribution in [-0.4, -0.2) is 11.0 Å². The molecule has 2 N–H and O–H groups in total. The van der Waals surface area contributed by atoms with Gasteiger partial charge < -0.3 is 0 Å². The monoisotopic (exact) mass is 325 g/mol. The summed E-state index contributed by atoms with van der Waals surface area (Å²) in [7, 11) is 0. The first-order valence-electron chi connectivity index (χ1n) is 6.51. The van der Waals surface area contributed by atoms with E-state index in [-0.39, 0.29) is 23.5 Å². The van der Waals surface area contributed by atoms with E-state index in [1.165, 1.54) is 25.1 Å². The Labute approximate surface area is 131 Å². The average molecular weight is 326 g/mol. The maximum absolute atomic E-state index is 13.3. The number of rotatable bonds is 4. The van der Waals surface area contributed by atoms with Crippen molar-refractivity contribution in [2.45, 2.75) is 20.3 Å². The Bertz CT molecular complexity index is 727. The molecule has 0 amide bonds. The fourth-order valence-electron chi connectivity index (χ4n) is 2.37. The highest BCUT2D eigenvalue weighted by atomic mass is 35.5. The van der Waals surface area contributed by atoms with E-state index in [0.29, 0.717) is 21.7 Å². The summed E-state index contributed by atoms with van der Waals surface area (Å²) in [4.78, 5) is 11.8. The van der Waals surface area contributed by atoms with E-state index in [4.69, 9.17) is 11.6 Å². The van der Waals surface area contributed by atoms with E-state index in [0.717, 1.165) is 6.07 Å². The Morgan fingerprint density at radius 1 is 1.23 bits per heavy atom. The van der Waals surface area contributed by atoms with Gasteiger partial charge in [0.1, 0.15) is 11.6 Å². The molecule has 0 fully saturated rings. The quantitative estimate of drug-likeness (QED) is 0.642. The highest BCUT2D eigenvalue weighted by Gasteiger charge is 2.18. The van der Waals surface area contributed by atoms with Crippen molar-refractivity contribution in [3.05, 3.63) is 63.2 Å². The molecule has 116 valence electrons. The van der Waals surface area contributed by atoms with Gasteiger partial charge in [-0.15, -0.1) is 0 Å². The van der Waals surface area contributed by atoms with Crippen molar-refractivity contribution in [2.24, 2.45) is 0 Å². The van der Waals surface area contributed by atoms with Crippen LogP contribution >= 0.6 is 11.6 Å². The van der Waals surface area contributed by atoms with Gasteiger partial charge in [-0.25, -0.2) is 8.78 Å². The lowest BCUT2D eigenvalue weighted by Crippen LogP contribution is -2.08. The van der Waals surface area contributed by atoms with Gasteiger partial charge in [-0.2, -0.15) is 0 Å². The minimum Gasteiger partial charge on any atom is -0.294 e. The third-order valence-electron chi connectivity index (χ3n) is 3.43. The Hall–Kier alpha value is -1.98. The average Bonchev–Trinajstić information content (AvgIpc) is 2.41. The Morgan fingerprint density at radius 2 is 1.82 bits per heavy atom. The maximum Gasteiger partial charge on any atom is 0.160 e. The number of ketones is 1. The number of benzene rings is 2. The smallest absolute Gasteiger partial charge is 0.160 e. The molecule has 0 aliphatic carbocycles. The second kappa shape index (κ2) is 6.42. The first-order valence-corrected chi connectivity index (χ1v) is 6.89. The molecule has 0 aromatic heterocycles. The predicted molar refractivity (Wildman–Crippen MR) is 80.8 cm³/mol. The van der Waals surface area contributed by atoms with Gasteiger partial charge in [-0.1, -0.05) is 11.6 Å². The van der Waals surface area contributed by atoms with Crippen LogP contribution in [0, 0.1) is 18.6 Å². The topological polar surface area (TPSA) is 49.3 Å². The zero-order valence-corrected chi connectivity index (χ0v) is 12.8. The summed E-state index contributed by atoms with van der Waals surface area (Å²) < 4.78 is 26.6. The van der Waals surface area contributed by atoms with Crippen LogP contribution in [0.5, 0.6) is 0 Å². The summed E-state index contributed by atoms with van der Waals surface area (Å²) >= 11 is 6.04. The van der Waals surface area contributed by atoms with Crippen molar-refractivity contribution in [1.82, 2.24) is 0 Å². The summed E-state index contributed by atoms with van der Waals surface area (Å²) in [5.74, 6) is -1.67. The van der Waals surface area contributed by atoms with Crippen molar-refractivity contribution >= 4 is 23.1 Å². The van der Waals surface area contributed by atoms with Crippen molar-refractivity contribution < 1.29 is 18.8 Å². The molecule has 0 heterocycles. The second-order valence-electron chi connectivity index (χ2n) is 5.01.